The van der Waals surface area contributed by atoms with Crippen LogP contribution in [0.25, 0.3) is 0 Å². The summed E-state index contributed by atoms with van der Waals surface area (Å²) in [5.74, 6) is 0.384. The van der Waals surface area contributed by atoms with E-state index in [1.54, 1.807) is 0 Å². The molecule has 0 amide bonds. The zero-order valence-electron chi connectivity index (χ0n) is 5.58. The molecular formula is C7H14O2. The van der Waals surface area contributed by atoms with E-state index in [4.69, 9.17) is 5.11 Å². The van der Waals surface area contributed by atoms with Crippen LogP contribution in [0, 0.1) is 5.92 Å². The van der Waals surface area contributed by atoms with Gasteiger partial charge in [-0.25, -0.2) is 0 Å². The highest BCUT2D eigenvalue weighted by Crippen LogP contribution is 2.27. The molecule has 1 saturated carbocycles. The summed E-state index contributed by atoms with van der Waals surface area (Å²) in [7, 11) is 0. The van der Waals surface area contributed by atoms with Crippen molar-refractivity contribution in [2.75, 3.05) is 6.61 Å². The topological polar surface area (TPSA) is 40.5 Å². The van der Waals surface area contributed by atoms with E-state index in [2.05, 4.69) is 0 Å². The van der Waals surface area contributed by atoms with Crippen LogP contribution >= 0.6 is 0 Å². The lowest BCUT2D eigenvalue weighted by Gasteiger charge is -2.10. The standard InChI is InChI=1S/C7H14O2/c8-5-4-6-2-1-3-7(6)9/h6-9H,1-5H2/t6-,7-/m1/s1. The number of aliphatic hydroxyl groups excluding tert-OH is 2. The Balaban J connectivity index is 2.22. The molecule has 2 heteroatoms. The average Bonchev–Trinajstić information content (AvgIpc) is 2.18. The zero-order valence-corrected chi connectivity index (χ0v) is 5.58. The van der Waals surface area contributed by atoms with Crippen LogP contribution in [0.4, 0.5) is 0 Å². The van der Waals surface area contributed by atoms with E-state index in [9.17, 15) is 5.11 Å². The van der Waals surface area contributed by atoms with Crippen LogP contribution in [0.15, 0.2) is 0 Å². The molecule has 0 aromatic heterocycles. The van der Waals surface area contributed by atoms with Gasteiger partial charge in [-0.2, -0.15) is 0 Å². The first-order chi connectivity index (χ1) is 4.34. The first kappa shape index (κ1) is 7.03. The Kier molecular flexibility index (Phi) is 2.49. The summed E-state index contributed by atoms with van der Waals surface area (Å²) < 4.78 is 0. The Labute approximate surface area is 55.5 Å². The van der Waals surface area contributed by atoms with Crippen LogP contribution in [0.1, 0.15) is 25.7 Å². The van der Waals surface area contributed by atoms with Gasteiger partial charge >= 0.3 is 0 Å². The largest absolute Gasteiger partial charge is 0.396 e. The van der Waals surface area contributed by atoms with Gasteiger partial charge in [0.1, 0.15) is 0 Å². The van der Waals surface area contributed by atoms with E-state index in [0.29, 0.717) is 5.92 Å². The minimum absolute atomic E-state index is 0.128. The summed E-state index contributed by atoms with van der Waals surface area (Å²) in [5.41, 5.74) is 0. The maximum atomic E-state index is 9.21. The van der Waals surface area contributed by atoms with E-state index in [1.165, 1.54) is 0 Å². The maximum Gasteiger partial charge on any atom is 0.0569 e. The Bertz CT molecular complexity index is 83.0. The smallest absolute Gasteiger partial charge is 0.0569 e. The number of rotatable bonds is 2. The summed E-state index contributed by atoms with van der Waals surface area (Å²) in [6.07, 6.45) is 3.82. The molecule has 1 rings (SSSR count). The molecule has 2 atom stereocenters. The summed E-state index contributed by atoms with van der Waals surface area (Å²) in [5, 5.41) is 17.7. The van der Waals surface area contributed by atoms with Crippen molar-refractivity contribution >= 4 is 0 Å². The fourth-order valence-corrected chi connectivity index (χ4v) is 1.52. The highest BCUT2D eigenvalue weighted by molar-refractivity contribution is 4.75. The van der Waals surface area contributed by atoms with Crippen molar-refractivity contribution in [1.29, 1.82) is 0 Å². The number of aliphatic hydroxyl groups is 2. The molecule has 54 valence electrons. The SMILES string of the molecule is OCC[C@H]1CCC[C@H]1O. The predicted octanol–water partition coefficient (Wildman–Crippen LogP) is 0.530. The van der Waals surface area contributed by atoms with E-state index >= 15 is 0 Å². The van der Waals surface area contributed by atoms with Crippen LogP contribution in [0.2, 0.25) is 0 Å². The van der Waals surface area contributed by atoms with E-state index in [-0.39, 0.29) is 12.7 Å². The summed E-state index contributed by atoms with van der Waals surface area (Å²) in [4.78, 5) is 0. The second-order valence-corrected chi connectivity index (χ2v) is 2.77. The molecule has 1 aliphatic rings. The monoisotopic (exact) mass is 130 g/mol. The Morgan fingerprint density at radius 1 is 1.33 bits per heavy atom. The molecule has 0 unspecified atom stereocenters. The lowest BCUT2D eigenvalue weighted by molar-refractivity contribution is 0.113. The quantitative estimate of drug-likeness (QED) is 0.572. The lowest BCUT2D eigenvalue weighted by atomic mass is 10.0. The molecule has 2 N–H and O–H groups in total. The molecule has 0 aromatic carbocycles. The van der Waals surface area contributed by atoms with Crippen molar-refractivity contribution in [2.45, 2.75) is 31.8 Å². The normalized spacial score (nSPS) is 35.3. The minimum atomic E-state index is -0.128. The molecule has 0 bridgehead atoms. The van der Waals surface area contributed by atoms with Gasteiger partial charge in [-0.05, 0) is 25.2 Å². The molecule has 0 aromatic rings. The Morgan fingerprint density at radius 3 is 2.56 bits per heavy atom. The first-order valence-electron chi connectivity index (χ1n) is 3.63. The van der Waals surface area contributed by atoms with Gasteiger partial charge in [0.2, 0.25) is 0 Å². The second-order valence-electron chi connectivity index (χ2n) is 2.77. The van der Waals surface area contributed by atoms with Gasteiger partial charge in [0.25, 0.3) is 0 Å². The second kappa shape index (κ2) is 3.18. The lowest BCUT2D eigenvalue weighted by Crippen LogP contribution is -2.13. The molecule has 1 fully saturated rings. The molecule has 1 aliphatic carbocycles. The van der Waals surface area contributed by atoms with Crippen molar-refractivity contribution in [3.05, 3.63) is 0 Å². The van der Waals surface area contributed by atoms with Crippen molar-refractivity contribution in [1.82, 2.24) is 0 Å². The zero-order chi connectivity index (χ0) is 6.69. The van der Waals surface area contributed by atoms with Gasteiger partial charge < -0.3 is 10.2 Å². The number of hydrogen-bond donors (Lipinski definition) is 2. The van der Waals surface area contributed by atoms with Crippen molar-refractivity contribution in [3.63, 3.8) is 0 Å². The molecule has 2 nitrogen and oxygen atoms in total. The Morgan fingerprint density at radius 2 is 2.11 bits per heavy atom. The third-order valence-electron chi connectivity index (χ3n) is 2.12. The van der Waals surface area contributed by atoms with Gasteiger partial charge in [0, 0.05) is 6.61 Å². The fourth-order valence-electron chi connectivity index (χ4n) is 1.52. The van der Waals surface area contributed by atoms with Gasteiger partial charge in [0.05, 0.1) is 6.10 Å². The summed E-state index contributed by atoms with van der Waals surface area (Å²) >= 11 is 0. The maximum absolute atomic E-state index is 9.21. The highest BCUT2D eigenvalue weighted by atomic mass is 16.3. The van der Waals surface area contributed by atoms with Gasteiger partial charge in [-0.15, -0.1) is 0 Å². The van der Waals surface area contributed by atoms with Crippen molar-refractivity contribution in [3.8, 4) is 0 Å². The number of hydrogen-bond acceptors (Lipinski definition) is 2. The minimum Gasteiger partial charge on any atom is -0.396 e. The van der Waals surface area contributed by atoms with Crippen molar-refractivity contribution < 1.29 is 10.2 Å². The van der Waals surface area contributed by atoms with Gasteiger partial charge in [-0.1, -0.05) is 6.42 Å². The van der Waals surface area contributed by atoms with Crippen LogP contribution in [0.5, 0.6) is 0 Å². The fraction of sp³-hybridized carbons (Fsp3) is 1.00. The average molecular weight is 130 g/mol. The summed E-state index contributed by atoms with van der Waals surface area (Å²) in [6.45, 7) is 0.224. The van der Waals surface area contributed by atoms with Crippen molar-refractivity contribution in [2.24, 2.45) is 5.92 Å². The third-order valence-corrected chi connectivity index (χ3v) is 2.12. The summed E-state index contributed by atoms with van der Waals surface area (Å²) in [6, 6.07) is 0. The Hall–Kier alpha value is -0.0800. The molecule has 0 aliphatic heterocycles. The molecular weight excluding hydrogens is 116 g/mol. The third kappa shape index (κ3) is 1.66. The van der Waals surface area contributed by atoms with Gasteiger partial charge in [-0.3, -0.25) is 0 Å². The highest BCUT2D eigenvalue weighted by Gasteiger charge is 2.23. The molecule has 0 saturated heterocycles. The van der Waals surface area contributed by atoms with Crippen LogP contribution in [-0.4, -0.2) is 22.9 Å². The van der Waals surface area contributed by atoms with Gasteiger partial charge in [0.15, 0.2) is 0 Å². The van der Waals surface area contributed by atoms with E-state index in [0.717, 1.165) is 25.7 Å². The molecule has 0 heterocycles. The van der Waals surface area contributed by atoms with Crippen LogP contribution < -0.4 is 0 Å². The van der Waals surface area contributed by atoms with Crippen LogP contribution in [-0.2, 0) is 0 Å². The molecule has 0 spiro atoms. The first-order valence-corrected chi connectivity index (χ1v) is 3.63. The van der Waals surface area contributed by atoms with E-state index < -0.39 is 0 Å². The predicted molar refractivity (Wildman–Crippen MR) is 35.1 cm³/mol. The molecule has 0 radical (unpaired) electrons. The van der Waals surface area contributed by atoms with E-state index in [1.807, 2.05) is 0 Å². The molecule has 9 heavy (non-hydrogen) atoms. The van der Waals surface area contributed by atoms with Crippen LogP contribution in [0.3, 0.4) is 0 Å².